The van der Waals surface area contributed by atoms with E-state index in [0.29, 0.717) is 140 Å². The highest BCUT2D eigenvalue weighted by atomic mass is 16.3. The number of aliphatic hydroxyl groups is 1. The van der Waals surface area contributed by atoms with Gasteiger partial charge in [-0.25, -0.2) is 0 Å². The molecule has 0 fully saturated rings. The summed E-state index contributed by atoms with van der Waals surface area (Å²) in [5.41, 5.74) is 16.7. The molecule has 0 aromatic heterocycles. The Bertz CT molecular complexity index is 5100. The van der Waals surface area contributed by atoms with Crippen molar-refractivity contribution in [1.82, 2.24) is 0 Å². The number of allylic oxidation sites excluding steroid dienone is 3. The van der Waals surface area contributed by atoms with Gasteiger partial charge in [0.05, 0.1) is 0 Å². The van der Waals surface area contributed by atoms with Crippen LogP contribution in [0.4, 0.5) is 0 Å². The van der Waals surface area contributed by atoms with E-state index in [0.717, 1.165) is 27.8 Å². The van der Waals surface area contributed by atoms with Crippen molar-refractivity contribution >= 4 is 0 Å². The van der Waals surface area contributed by atoms with Gasteiger partial charge in [0.1, 0.15) is 57.5 Å². The van der Waals surface area contributed by atoms with E-state index in [1.165, 1.54) is 0 Å². The van der Waals surface area contributed by atoms with Crippen molar-refractivity contribution in [3.8, 4) is 99.1 Å². The summed E-state index contributed by atoms with van der Waals surface area (Å²) in [5.74, 6) is 25.0. The first kappa shape index (κ1) is 61.6. The summed E-state index contributed by atoms with van der Waals surface area (Å²) in [6.45, 7) is 11.7. The monoisotopic (exact) mass is 1240 g/mol. The molecule has 94 heavy (non-hydrogen) atoms. The van der Waals surface area contributed by atoms with Gasteiger partial charge in [-0.3, -0.25) is 0 Å². The number of hydrogen-bond donors (Lipinski definition) is 10. The summed E-state index contributed by atoms with van der Waals surface area (Å²) in [6, 6.07) is 32.9. The standard InChI is InChI=1S/C84H70O10/c1-45-15-55-35-59-19-47(3)23-63(77(59)87)39-67-27-51-11-7-9-13-53-29-69-41-65-25-49(5)21-61(79(65)89)37-57-17-46(2)18-58(76(57)86)38-62-22-50(6)26-66(80(62)90)42-70-30-54(34-74(84(70)94)44-73(33-53)83(69)93)14-10-8-12-52-28-68(82(92)72(32-52)43-71(31-51)81(67)91)40-64-24-48(4)20-60(78(64)88)36-56(16-45)75(55)85/h15-25,27-34,50,85-94H,26,35-44H2,1-6H3. The molecule has 10 nitrogen and oxygen atoms in total. The van der Waals surface area contributed by atoms with Gasteiger partial charge in [-0.05, 0) is 230 Å². The maximum atomic E-state index is 12.5. The highest BCUT2D eigenvalue weighted by Gasteiger charge is 2.27. The third-order valence-corrected chi connectivity index (χ3v) is 18.6. The Hall–Kier alpha value is -11.3. The third kappa shape index (κ3) is 12.5. The normalized spacial score (nSPS) is 14.8. The van der Waals surface area contributed by atoms with Crippen molar-refractivity contribution in [2.24, 2.45) is 5.92 Å². The van der Waals surface area contributed by atoms with E-state index in [2.05, 4.69) is 54.3 Å². The molecule has 10 heteroatoms. The maximum Gasteiger partial charge on any atom is 0.122 e. The van der Waals surface area contributed by atoms with Crippen LogP contribution in [0.1, 0.15) is 164 Å². The number of hydrogen-bond acceptors (Lipinski definition) is 10. The Labute approximate surface area is 547 Å². The molecule has 0 saturated heterocycles. The van der Waals surface area contributed by atoms with Crippen molar-refractivity contribution in [1.29, 1.82) is 0 Å². The predicted octanol–water partition coefficient (Wildman–Crippen LogP) is 14.6. The van der Waals surface area contributed by atoms with Gasteiger partial charge in [-0.1, -0.05) is 125 Å². The molecule has 1 atom stereocenters. The first-order valence-corrected chi connectivity index (χ1v) is 31.7. The second kappa shape index (κ2) is 24.7. The van der Waals surface area contributed by atoms with E-state index in [1.807, 2.05) is 101 Å². The van der Waals surface area contributed by atoms with E-state index in [1.54, 1.807) is 48.5 Å². The summed E-state index contributed by atoms with van der Waals surface area (Å²) in [4.78, 5) is 0. The highest BCUT2D eigenvalue weighted by Crippen LogP contribution is 2.44. The third-order valence-electron chi connectivity index (χ3n) is 18.6. The smallest absolute Gasteiger partial charge is 0.122 e. The summed E-state index contributed by atoms with van der Waals surface area (Å²) >= 11 is 0. The average Bonchev–Trinajstić information content (AvgIpc) is 0.812. The molecule has 10 N–H and O–H groups in total. The lowest BCUT2D eigenvalue weighted by Crippen LogP contribution is -2.12. The van der Waals surface area contributed by atoms with E-state index >= 15 is 0 Å². The van der Waals surface area contributed by atoms with Gasteiger partial charge in [0.2, 0.25) is 0 Å². The SMILES string of the molecule is Cc1cc2c(O)c(c1)Cc1cc(C)cc(c1O)Cc1cc3cc(c1O)Cc1cc(cc(c1O)CC1=C(O)C(=CC(C)C1)C2)C#CC#Cc1cc2c(O)c(c1)Cc1cc(cc(c1O)Cc1cc(C)cc(c1O)Cc1cc(C)cc(c1O)Cc1cc(C)cc(c1O)C2)C#CC#C3. The number of aromatic hydroxyl groups is 9. The van der Waals surface area contributed by atoms with Gasteiger partial charge in [0, 0.05) is 86.5 Å². The minimum atomic E-state index is -0.0798. The van der Waals surface area contributed by atoms with Gasteiger partial charge in [0.25, 0.3) is 0 Å². The lowest BCUT2D eigenvalue weighted by Gasteiger charge is -2.24. The number of phenols is 9. The Morgan fingerprint density at radius 1 is 0.255 bits per heavy atom. The van der Waals surface area contributed by atoms with Gasteiger partial charge < -0.3 is 51.1 Å². The molecule has 9 aromatic rings. The zero-order chi connectivity index (χ0) is 66.0. The zero-order valence-corrected chi connectivity index (χ0v) is 53.3. The summed E-state index contributed by atoms with van der Waals surface area (Å²) < 4.78 is 0. The zero-order valence-electron chi connectivity index (χ0n) is 53.3. The van der Waals surface area contributed by atoms with Crippen molar-refractivity contribution in [3.05, 3.63) is 282 Å². The van der Waals surface area contributed by atoms with Crippen molar-refractivity contribution < 1.29 is 51.1 Å². The number of phenolic OH excluding ortho intramolecular Hbond substituents is 9. The van der Waals surface area contributed by atoms with E-state index in [-0.39, 0.29) is 128 Å². The van der Waals surface area contributed by atoms with Crippen LogP contribution in [0, 0.1) is 87.9 Å². The van der Waals surface area contributed by atoms with E-state index in [9.17, 15) is 51.1 Å². The second-order valence-electron chi connectivity index (χ2n) is 26.3. The summed E-state index contributed by atoms with van der Waals surface area (Å²) in [6.07, 6.45) is 3.71. The number of aliphatic hydroxyl groups excluding tert-OH is 1. The van der Waals surface area contributed by atoms with Crippen LogP contribution >= 0.6 is 0 Å². The lowest BCUT2D eigenvalue weighted by molar-refractivity contribution is 0.396. The van der Waals surface area contributed by atoms with Gasteiger partial charge in [-0.15, -0.1) is 0 Å². The second-order valence-corrected chi connectivity index (χ2v) is 26.3. The molecular formula is C84H70O10. The number of rotatable bonds is 0. The summed E-state index contributed by atoms with van der Waals surface area (Å²) in [5, 5.41) is 123. The number of benzene rings is 9. The average molecular weight is 1240 g/mol. The van der Waals surface area contributed by atoms with Gasteiger partial charge in [0.15, 0.2) is 0 Å². The first-order chi connectivity index (χ1) is 45.0. The molecule has 9 aromatic carbocycles. The fourth-order valence-electron chi connectivity index (χ4n) is 14.4. The van der Waals surface area contributed by atoms with E-state index in [4.69, 9.17) is 0 Å². The molecule has 24 bridgehead atoms. The Balaban J connectivity index is 1.03. The largest absolute Gasteiger partial charge is 0.508 e. The molecule has 0 amide bonds. The fourth-order valence-corrected chi connectivity index (χ4v) is 14.4. The molecule has 0 heterocycles. The Morgan fingerprint density at radius 3 is 0.649 bits per heavy atom. The van der Waals surface area contributed by atoms with Crippen molar-refractivity contribution in [2.45, 2.75) is 112 Å². The molecule has 1 unspecified atom stereocenters. The lowest BCUT2D eigenvalue weighted by atomic mass is 9.83. The van der Waals surface area contributed by atoms with Crippen LogP contribution in [-0.2, 0) is 64.2 Å². The predicted molar refractivity (Wildman–Crippen MR) is 366 cm³/mol. The molecule has 13 rings (SSSR count). The molecule has 0 spiro atoms. The van der Waals surface area contributed by atoms with E-state index < -0.39 is 0 Å². The highest BCUT2D eigenvalue weighted by molar-refractivity contribution is 5.64. The Kier molecular flexibility index (Phi) is 16.2. The molecule has 466 valence electrons. The first-order valence-electron chi connectivity index (χ1n) is 31.7. The van der Waals surface area contributed by atoms with Crippen LogP contribution in [0.5, 0.6) is 51.7 Å². The molecule has 4 aliphatic carbocycles. The molecule has 0 saturated carbocycles. The molecule has 0 radical (unpaired) electrons. The maximum absolute atomic E-state index is 12.5. The van der Waals surface area contributed by atoms with Crippen LogP contribution < -0.4 is 0 Å². The van der Waals surface area contributed by atoms with Gasteiger partial charge >= 0.3 is 0 Å². The van der Waals surface area contributed by atoms with Crippen LogP contribution in [0.15, 0.2) is 132 Å². The van der Waals surface area contributed by atoms with Crippen LogP contribution in [0.2, 0.25) is 0 Å². The minimum Gasteiger partial charge on any atom is -0.508 e. The Morgan fingerprint density at radius 2 is 0.436 bits per heavy atom. The molecule has 0 aliphatic heterocycles. The minimum absolute atomic E-state index is 0.000825. The number of fused-ring (bicyclic) bond motifs is 19. The van der Waals surface area contributed by atoms with Crippen LogP contribution in [-0.4, -0.2) is 51.1 Å². The summed E-state index contributed by atoms with van der Waals surface area (Å²) in [7, 11) is 0. The van der Waals surface area contributed by atoms with Crippen LogP contribution in [0.25, 0.3) is 0 Å². The topological polar surface area (TPSA) is 202 Å². The van der Waals surface area contributed by atoms with Crippen molar-refractivity contribution in [3.63, 3.8) is 0 Å². The number of aryl methyl sites for hydroxylation is 5. The molecular weight excluding hydrogens is 1170 g/mol. The fraction of sp³-hybridized carbons (Fsp3) is 0.214. The van der Waals surface area contributed by atoms with Crippen LogP contribution in [0.3, 0.4) is 0 Å². The van der Waals surface area contributed by atoms with Gasteiger partial charge in [-0.2, -0.15) is 0 Å². The quantitative estimate of drug-likeness (QED) is 0.0651. The van der Waals surface area contributed by atoms with Crippen molar-refractivity contribution in [2.75, 3.05) is 0 Å². The molecule has 4 aliphatic rings.